The lowest BCUT2D eigenvalue weighted by Gasteiger charge is -2.03. The summed E-state index contributed by atoms with van der Waals surface area (Å²) >= 11 is 1.42. The van der Waals surface area contributed by atoms with Crippen LogP contribution in [0.5, 0.6) is 5.75 Å². The average Bonchev–Trinajstić information content (AvgIpc) is 2.83. The van der Waals surface area contributed by atoms with E-state index in [0.717, 1.165) is 5.75 Å². The lowest BCUT2D eigenvalue weighted by atomic mass is 10.1. The summed E-state index contributed by atoms with van der Waals surface area (Å²) in [4.78, 5) is 15.9. The van der Waals surface area contributed by atoms with Crippen LogP contribution in [0.2, 0.25) is 0 Å². The number of thiazole rings is 1. The van der Waals surface area contributed by atoms with Crippen molar-refractivity contribution in [3.05, 3.63) is 46.4 Å². The summed E-state index contributed by atoms with van der Waals surface area (Å²) in [7, 11) is 0. The minimum atomic E-state index is -0.0516. The van der Waals surface area contributed by atoms with E-state index in [4.69, 9.17) is 4.74 Å². The fraction of sp³-hybridized carbons (Fsp3) is 0.167. The van der Waals surface area contributed by atoms with Crippen LogP contribution in [-0.4, -0.2) is 17.4 Å². The molecule has 0 radical (unpaired) electrons. The van der Waals surface area contributed by atoms with E-state index in [1.807, 2.05) is 6.92 Å². The van der Waals surface area contributed by atoms with Gasteiger partial charge in [0.05, 0.1) is 12.1 Å². The minimum absolute atomic E-state index is 0.0516. The second-order valence-electron chi connectivity index (χ2n) is 3.16. The summed E-state index contributed by atoms with van der Waals surface area (Å²) < 4.78 is 5.31. The standard InChI is InChI=1S/C12H11NO2S/c1-2-15-10-5-3-9(4-6-10)12(14)11-7-16-8-13-11/h3-8H,2H2,1H3. The zero-order valence-electron chi connectivity index (χ0n) is 8.84. The Balaban J connectivity index is 2.19. The Morgan fingerprint density at radius 3 is 2.69 bits per heavy atom. The molecule has 0 N–H and O–H groups in total. The molecule has 0 aliphatic rings. The van der Waals surface area contributed by atoms with E-state index in [1.54, 1.807) is 35.2 Å². The fourth-order valence-corrected chi connectivity index (χ4v) is 1.87. The lowest BCUT2D eigenvalue weighted by molar-refractivity contribution is 0.103. The summed E-state index contributed by atoms with van der Waals surface area (Å²) in [5.74, 6) is 0.724. The molecule has 0 unspecified atom stereocenters. The van der Waals surface area contributed by atoms with Gasteiger partial charge in [-0.3, -0.25) is 4.79 Å². The van der Waals surface area contributed by atoms with Crippen LogP contribution in [0.4, 0.5) is 0 Å². The van der Waals surface area contributed by atoms with Gasteiger partial charge in [-0.15, -0.1) is 11.3 Å². The number of carbonyl (C=O) groups is 1. The summed E-state index contributed by atoms with van der Waals surface area (Å²) in [6.07, 6.45) is 0. The topological polar surface area (TPSA) is 39.2 Å². The molecule has 0 fully saturated rings. The van der Waals surface area contributed by atoms with Crippen molar-refractivity contribution in [1.29, 1.82) is 0 Å². The molecule has 0 aliphatic carbocycles. The van der Waals surface area contributed by atoms with Gasteiger partial charge in [0.25, 0.3) is 0 Å². The van der Waals surface area contributed by atoms with Crippen molar-refractivity contribution < 1.29 is 9.53 Å². The number of benzene rings is 1. The molecule has 0 bridgehead atoms. The Kier molecular flexibility index (Phi) is 3.31. The summed E-state index contributed by atoms with van der Waals surface area (Å²) in [6, 6.07) is 7.10. The molecule has 0 amide bonds. The SMILES string of the molecule is CCOc1ccc(C(=O)c2cscn2)cc1. The highest BCUT2D eigenvalue weighted by Gasteiger charge is 2.10. The molecule has 4 heteroatoms. The Morgan fingerprint density at radius 1 is 1.38 bits per heavy atom. The summed E-state index contributed by atoms with van der Waals surface area (Å²) in [5.41, 5.74) is 2.78. The highest BCUT2D eigenvalue weighted by Crippen LogP contribution is 2.15. The van der Waals surface area contributed by atoms with Gasteiger partial charge in [0.15, 0.2) is 0 Å². The largest absolute Gasteiger partial charge is 0.494 e. The average molecular weight is 233 g/mol. The first-order valence-corrected chi connectivity index (χ1v) is 5.91. The highest BCUT2D eigenvalue weighted by molar-refractivity contribution is 7.07. The molecule has 0 spiro atoms. The molecular weight excluding hydrogens is 222 g/mol. The molecule has 82 valence electrons. The van der Waals surface area contributed by atoms with E-state index >= 15 is 0 Å². The smallest absolute Gasteiger partial charge is 0.212 e. The van der Waals surface area contributed by atoms with Crippen LogP contribution in [0.1, 0.15) is 23.0 Å². The van der Waals surface area contributed by atoms with Crippen LogP contribution in [-0.2, 0) is 0 Å². The van der Waals surface area contributed by atoms with Gasteiger partial charge in [-0.25, -0.2) is 4.98 Å². The number of aromatic nitrogens is 1. The second-order valence-corrected chi connectivity index (χ2v) is 3.88. The number of hydrogen-bond donors (Lipinski definition) is 0. The van der Waals surface area contributed by atoms with E-state index in [1.165, 1.54) is 11.3 Å². The molecular formula is C12H11NO2S. The van der Waals surface area contributed by atoms with Crippen molar-refractivity contribution in [3.63, 3.8) is 0 Å². The van der Waals surface area contributed by atoms with Crippen LogP contribution in [0.3, 0.4) is 0 Å². The van der Waals surface area contributed by atoms with Gasteiger partial charge >= 0.3 is 0 Å². The van der Waals surface area contributed by atoms with Gasteiger partial charge in [0.2, 0.25) is 5.78 Å². The van der Waals surface area contributed by atoms with Crippen molar-refractivity contribution >= 4 is 17.1 Å². The first kappa shape index (κ1) is 10.8. The van der Waals surface area contributed by atoms with Gasteiger partial charge < -0.3 is 4.74 Å². The molecule has 0 atom stereocenters. The Labute approximate surface area is 97.7 Å². The zero-order valence-corrected chi connectivity index (χ0v) is 9.66. The van der Waals surface area contributed by atoms with E-state index in [0.29, 0.717) is 17.9 Å². The Morgan fingerprint density at radius 2 is 2.12 bits per heavy atom. The maximum atomic E-state index is 11.9. The number of hydrogen-bond acceptors (Lipinski definition) is 4. The van der Waals surface area contributed by atoms with Crippen LogP contribution >= 0.6 is 11.3 Å². The third-order valence-electron chi connectivity index (χ3n) is 2.09. The molecule has 2 aromatic rings. The maximum absolute atomic E-state index is 11.9. The Hall–Kier alpha value is -1.68. The lowest BCUT2D eigenvalue weighted by Crippen LogP contribution is -2.01. The van der Waals surface area contributed by atoms with Gasteiger partial charge in [-0.05, 0) is 31.2 Å². The van der Waals surface area contributed by atoms with Crippen LogP contribution in [0.15, 0.2) is 35.2 Å². The molecule has 2 rings (SSSR count). The predicted molar refractivity (Wildman–Crippen MR) is 63.2 cm³/mol. The number of ether oxygens (including phenoxy) is 1. The van der Waals surface area contributed by atoms with E-state index < -0.39 is 0 Å². The van der Waals surface area contributed by atoms with Gasteiger partial charge in [0.1, 0.15) is 11.4 Å². The van der Waals surface area contributed by atoms with Crippen molar-refractivity contribution in [2.75, 3.05) is 6.61 Å². The molecule has 0 aliphatic heterocycles. The minimum Gasteiger partial charge on any atom is -0.494 e. The molecule has 0 saturated heterocycles. The molecule has 16 heavy (non-hydrogen) atoms. The maximum Gasteiger partial charge on any atom is 0.212 e. The van der Waals surface area contributed by atoms with Crippen molar-refractivity contribution in [2.45, 2.75) is 6.92 Å². The van der Waals surface area contributed by atoms with Crippen LogP contribution in [0, 0.1) is 0 Å². The molecule has 0 saturated carbocycles. The van der Waals surface area contributed by atoms with Crippen molar-refractivity contribution in [1.82, 2.24) is 4.98 Å². The first-order chi connectivity index (χ1) is 7.81. The third kappa shape index (κ3) is 2.28. The van der Waals surface area contributed by atoms with Crippen molar-refractivity contribution in [3.8, 4) is 5.75 Å². The Bertz CT molecular complexity index is 462. The number of nitrogens with zero attached hydrogens (tertiary/aromatic N) is 1. The van der Waals surface area contributed by atoms with Gasteiger partial charge in [-0.1, -0.05) is 0 Å². The normalized spacial score (nSPS) is 10.1. The summed E-state index contributed by atoms with van der Waals surface area (Å²) in [6.45, 7) is 2.55. The molecule has 1 aromatic carbocycles. The van der Waals surface area contributed by atoms with E-state index in [-0.39, 0.29) is 5.78 Å². The fourth-order valence-electron chi connectivity index (χ4n) is 1.34. The molecule has 1 heterocycles. The van der Waals surface area contributed by atoms with Crippen LogP contribution < -0.4 is 4.74 Å². The first-order valence-electron chi connectivity index (χ1n) is 4.97. The highest BCUT2D eigenvalue weighted by atomic mass is 32.1. The summed E-state index contributed by atoms with van der Waals surface area (Å²) in [5, 5.41) is 1.75. The van der Waals surface area contributed by atoms with E-state index in [2.05, 4.69) is 4.98 Å². The second kappa shape index (κ2) is 4.90. The molecule has 1 aromatic heterocycles. The van der Waals surface area contributed by atoms with E-state index in [9.17, 15) is 4.79 Å². The van der Waals surface area contributed by atoms with Gasteiger partial charge in [0, 0.05) is 10.9 Å². The number of carbonyl (C=O) groups excluding carboxylic acids is 1. The number of rotatable bonds is 4. The molecule has 3 nitrogen and oxygen atoms in total. The predicted octanol–water partition coefficient (Wildman–Crippen LogP) is 2.77. The van der Waals surface area contributed by atoms with Gasteiger partial charge in [-0.2, -0.15) is 0 Å². The monoisotopic (exact) mass is 233 g/mol. The quantitative estimate of drug-likeness (QED) is 0.762. The third-order valence-corrected chi connectivity index (χ3v) is 2.68. The van der Waals surface area contributed by atoms with Crippen molar-refractivity contribution in [2.24, 2.45) is 0 Å². The van der Waals surface area contributed by atoms with Crippen LogP contribution in [0.25, 0.3) is 0 Å². The number of ketones is 1. The zero-order chi connectivity index (χ0) is 11.4.